The van der Waals surface area contributed by atoms with E-state index in [2.05, 4.69) is 208 Å². The SMILES string of the molecule is Cc1ccc2c(-c3c(Cc4ccc(Cc5ccc(Cc6ccc(CC7COC7)cc6)cc5)nc4)ccc4cc(C)ccc34)cc(Cc3ccc(Cc4ccc(Cc5ccc(CC6COC6)cc5)cc4)nc3)cc2c1. The molecule has 12 rings (SSSR count). The third kappa shape index (κ3) is 11.3. The molecular weight excluding hydrogens is 901 g/mol. The summed E-state index contributed by atoms with van der Waals surface area (Å²) in [6.07, 6.45) is 11.5. The lowest BCUT2D eigenvalue weighted by molar-refractivity contribution is -0.0312. The molecule has 2 saturated heterocycles. The number of benzene rings is 8. The van der Waals surface area contributed by atoms with Gasteiger partial charge in [-0.3, -0.25) is 9.97 Å². The summed E-state index contributed by atoms with van der Waals surface area (Å²) in [4.78, 5) is 10.0. The van der Waals surface area contributed by atoms with Gasteiger partial charge in [-0.05, 0) is 164 Å². The van der Waals surface area contributed by atoms with E-state index in [0.717, 1.165) is 89.2 Å². The molecular formula is C70H64N2O2. The van der Waals surface area contributed by atoms with E-state index in [9.17, 15) is 0 Å². The fourth-order valence-corrected chi connectivity index (χ4v) is 11.1. The normalized spacial score (nSPS) is 13.8. The molecule has 0 spiro atoms. The Labute approximate surface area is 437 Å². The summed E-state index contributed by atoms with van der Waals surface area (Å²) in [5.41, 5.74) is 23.0. The molecule has 2 aliphatic rings. The maximum atomic E-state index is 5.37. The summed E-state index contributed by atoms with van der Waals surface area (Å²) < 4.78 is 10.7. The van der Waals surface area contributed by atoms with Crippen LogP contribution in [0.1, 0.15) is 89.3 Å². The minimum atomic E-state index is 0.681. The minimum absolute atomic E-state index is 0.681. The number of hydrogen-bond donors (Lipinski definition) is 0. The van der Waals surface area contributed by atoms with Crippen molar-refractivity contribution in [2.45, 2.75) is 65.2 Å². The van der Waals surface area contributed by atoms with Gasteiger partial charge in [-0.2, -0.15) is 0 Å². The smallest absolute Gasteiger partial charge is 0.0519 e. The van der Waals surface area contributed by atoms with E-state index in [1.807, 2.05) is 0 Å². The maximum absolute atomic E-state index is 5.37. The fraction of sp³-hybridized carbons (Fsp3) is 0.229. The first-order chi connectivity index (χ1) is 36.3. The van der Waals surface area contributed by atoms with E-state index in [0.29, 0.717) is 11.8 Å². The standard InChI is InChI=1S/C70H64N2O2/c1-47-4-28-68-62(29-47)23-24-63(36-58-22-26-66(72-42-58)39-56-19-15-52(16-20-56)32-50-7-11-54(12-8-50)34-61-45-74-46-61)70(68)69-40-59(37-64-30-48(2)3-27-67(64)69)35-57-21-25-65(71-41-57)38-55-17-13-51(14-18-55)31-49-5-9-53(10-6-49)33-60-43-73-44-60/h3-30,37,40-42,60-61H,31-36,38-39,43-46H2,1-2H3. The number of ether oxygens (including phenoxy) is 2. The number of aromatic nitrogens is 2. The zero-order valence-electron chi connectivity index (χ0n) is 42.8. The van der Waals surface area contributed by atoms with Gasteiger partial charge in [-0.1, -0.05) is 181 Å². The molecule has 0 N–H and O–H groups in total. The molecule has 74 heavy (non-hydrogen) atoms. The van der Waals surface area contributed by atoms with Gasteiger partial charge in [0.1, 0.15) is 0 Å². The van der Waals surface area contributed by atoms with E-state index >= 15 is 0 Å². The van der Waals surface area contributed by atoms with Crippen LogP contribution in [0.15, 0.2) is 194 Å². The van der Waals surface area contributed by atoms with Crippen molar-refractivity contribution < 1.29 is 9.47 Å². The van der Waals surface area contributed by atoms with Gasteiger partial charge >= 0.3 is 0 Å². The van der Waals surface area contributed by atoms with Crippen molar-refractivity contribution in [3.05, 3.63) is 284 Å². The van der Waals surface area contributed by atoms with Crippen molar-refractivity contribution in [3.63, 3.8) is 0 Å². The van der Waals surface area contributed by atoms with Crippen molar-refractivity contribution in [1.82, 2.24) is 9.97 Å². The minimum Gasteiger partial charge on any atom is -0.381 e. The average Bonchev–Trinajstić information content (AvgIpc) is 3.39. The Balaban J connectivity index is 0.740. The number of pyridine rings is 2. The number of fused-ring (bicyclic) bond motifs is 2. The average molecular weight is 965 g/mol. The molecule has 2 aromatic heterocycles. The van der Waals surface area contributed by atoms with Crippen LogP contribution in [-0.4, -0.2) is 36.4 Å². The Morgan fingerprint density at radius 2 is 0.770 bits per heavy atom. The second kappa shape index (κ2) is 21.5. The number of hydrogen-bond acceptors (Lipinski definition) is 4. The van der Waals surface area contributed by atoms with Crippen molar-refractivity contribution >= 4 is 21.5 Å². The van der Waals surface area contributed by atoms with E-state index in [4.69, 9.17) is 19.4 Å². The van der Waals surface area contributed by atoms with Crippen LogP contribution in [0, 0.1) is 25.7 Å². The Kier molecular flexibility index (Phi) is 13.8. The summed E-state index contributed by atoms with van der Waals surface area (Å²) in [6.45, 7) is 7.98. The van der Waals surface area contributed by atoms with Crippen LogP contribution in [0.25, 0.3) is 32.7 Å². The Morgan fingerprint density at radius 3 is 1.23 bits per heavy atom. The molecule has 4 nitrogen and oxygen atoms in total. The molecule has 0 atom stereocenters. The second-order valence-corrected chi connectivity index (χ2v) is 21.5. The molecule has 0 unspecified atom stereocenters. The molecule has 2 aliphatic heterocycles. The van der Waals surface area contributed by atoms with Gasteiger partial charge in [0.25, 0.3) is 0 Å². The van der Waals surface area contributed by atoms with Crippen LogP contribution >= 0.6 is 0 Å². The maximum Gasteiger partial charge on any atom is 0.0519 e. The second-order valence-electron chi connectivity index (χ2n) is 21.5. The van der Waals surface area contributed by atoms with Crippen LogP contribution in [0.3, 0.4) is 0 Å². The molecule has 366 valence electrons. The lowest BCUT2D eigenvalue weighted by atomic mass is 9.86. The highest BCUT2D eigenvalue weighted by Gasteiger charge is 2.20. The van der Waals surface area contributed by atoms with Gasteiger partial charge in [0.05, 0.1) is 26.4 Å². The number of nitrogens with zero attached hydrogens (tertiary/aromatic N) is 2. The van der Waals surface area contributed by atoms with Gasteiger partial charge in [-0.15, -0.1) is 0 Å². The van der Waals surface area contributed by atoms with Crippen LogP contribution in [0.5, 0.6) is 0 Å². The lowest BCUT2D eigenvalue weighted by Gasteiger charge is -2.25. The largest absolute Gasteiger partial charge is 0.381 e. The van der Waals surface area contributed by atoms with Crippen molar-refractivity contribution in [3.8, 4) is 11.1 Å². The molecule has 0 bridgehead atoms. The third-order valence-corrected chi connectivity index (χ3v) is 15.4. The summed E-state index contributed by atoms with van der Waals surface area (Å²) >= 11 is 0. The zero-order valence-corrected chi connectivity index (χ0v) is 42.8. The molecule has 8 aromatic carbocycles. The van der Waals surface area contributed by atoms with Crippen molar-refractivity contribution in [1.29, 1.82) is 0 Å². The Morgan fingerprint density at radius 1 is 0.351 bits per heavy atom. The highest BCUT2D eigenvalue weighted by Crippen LogP contribution is 2.40. The van der Waals surface area contributed by atoms with Crippen LogP contribution < -0.4 is 0 Å². The van der Waals surface area contributed by atoms with Gasteiger partial charge in [0, 0.05) is 48.5 Å². The Bertz CT molecular complexity index is 3540. The van der Waals surface area contributed by atoms with E-state index in [1.165, 1.54) is 111 Å². The van der Waals surface area contributed by atoms with Gasteiger partial charge in [0.2, 0.25) is 0 Å². The van der Waals surface area contributed by atoms with Gasteiger partial charge in [-0.25, -0.2) is 0 Å². The van der Waals surface area contributed by atoms with Crippen LogP contribution in [-0.2, 0) is 60.8 Å². The molecule has 4 heterocycles. The van der Waals surface area contributed by atoms with Gasteiger partial charge < -0.3 is 9.47 Å². The predicted octanol–water partition coefficient (Wildman–Crippen LogP) is 15.0. The number of rotatable bonds is 17. The van der Waals surface area contributed by atoms with Gasteiger partial charge in [0.15, 0.2) is 0 Å². The molecule has 0 amide bonds. The topological polar surface area (TPSA) is 44.2 Å². The van der Waals surface area contributed by atoms with Crippen LogP contribution in [0.2, 0.25) is 0 Å². The van der Waals surface area contributed by atoms with Crippen molar-refractivity contribution in [2.75, 3.05) is 26.4 Å². The first-order valence-corrected chi connectivity index (χ1v) is 26.7. The highest BCUT2D eigenvalue weighted by molar-refractivity contribution is 6.07. The number of aryl methyl sites for hydroxylation is 2. The van der Waals surface area contributed by atoms with E-state index < -0.39 is 0 Å². The van der Waals surface area contributed by atoms with E-state index in [-0.39, 0.29) is 0 Å². The first-order valence-electron chi connectivity index (χ1n) is 26.7. The molecule has 2 fully saturated rings. The quantitative estimate of drug-likeness (QED) is 0.0912. The monoisotopic (exact) mass is 964 g/mol. The predicted molar refractivity (Wildman–Crippen MR) is 303 cm³/mol. The first kappa shape index (κ1) is 47.5. The molecule has 0 radical (unpaired) electrons. The molecule has 10 aromatic rings. The third-order valence-electron chi connectivity index (χ3n) is 15.4. The molecule has 4 heteroatoms. The fourth-order valence-electron chi connectivity index (χ4n) is 11.1. The van der Waals surface area contributed by atoms with Crippen molar-refractivity contribution in [2.24, 2.45) is 11.8 Å². The summed E-state index contributed by atoms with van der Waals surface area (Å²) in [6, 6.07) is 68.7. The molecule has 0 saturated carbocycles. The zero-order chi connectivity index (χ0) is 49.8. The summed E-state index contributed by atoms with van der Waals surface area (Å²) in [5.74, 6) is 1.36. The summed E-state index contributed by atoms with van der Waals surface area (Å²) in [7, 11) is 0. The Hall–Kier alpha value is -7.50. The highest BCUT2D eigenvalue weighted by atomic mass is 16.5. The van der Waals surface area contributed by atoms with Crippen LogP contribution in [0.4, 0.5) is 0 Å². The van der Waals surface area contributed by atoms with E-state index in [1.54, 1.807) is 0 Å². The lowest BCUT2D eigenvalue weighted by Crippen LogP contribution is -2.29. The summed E-state index contributed by atoms with van der Waals surface area (Å²) in [5, 5.41) is 5.08. The molecule has 0 aliphatic carbocycles.